The number of rotatable bonds is 6. The van der Waals surface area contributed by atoms with Crippen LogP contribution in [0.3, 0.4) is 0 Å². The van der Waals surface area contributed by atoms with Crippen molar-refractivity contribution in [2.24, 2.45) is 0 Å². The van der Waals surface area contributed by atoms with Crippen molar-refractivity contribution in [1.29, 1.82) is 0 Å². The fraction of sp³-hybridized carbons (Fsp3) is 0.259. The number of carbonyl (C=O) groups excluding carboxylic acids is 1. The van der Waals surface area contributed by atoms with E-state index in [0.29, 0.717) is 28.4 Å². The molecule has 1 saturated heterocycles. The zero-order valence-electron chi connectivity index (χ0n) is 18.5. The fourth-order valence-electron chi connectivity index (χ4n) is 4.43. The van der Waals surface area contributed by atoms with Gasteiger partial charge in [-0.1, -0.05) is 30.3 Å². The number of pyridine rings is 1. The van der Waals surface area contributed by atoms with E-state index in [-0.39, 0.29) is 17.8 Å². The SMILES string of the molecule is O=C(Cc1ncc2ccc(-c3cncc(C(F)F)c3)cc2n1)c1cccc(C2CCNCC2)c1. The van der Waals surface area contributed by atoms with Crippen LogP contribution in [0.4, 0.5) is 8.78 Å². The highest BCUT2D eigenvalue weighted by Gasteiger charge is 2.17. The van der Waals surface area contributed by atoms with E-state index in [4.69, 9.17) is 0 Å². The van der Waals surface area contributed by atoms with Gasteiger partial charge in [0, 0.05) is 40.7 Å². The zero-order valence-corrected chi connectivity index (χ0v) is 18.5. The minimum Gasteiger partial charge on any atom is -0.317 e. The number of Topliss-reactive ketones (excluding diaryl/α,β-unsaturated/α-hetero) is 1. The lowest BCUT2D eigenvalue weighted by molar-refractivity contribution is 0.0990. The Labute approximate surface area is 196 Å². The largest absolute Gasteiger partial charge is 0.317 e. The first-order chi connectivity index (χ1) is 16.6. The van der Waals surface area contributed by atoms with Gasteiger partial charge in [-0.15, -0.1) is 0 Å². The quantitative estimate of drug-likeness (QED) is 0.385. The Balaban J connectivity index is 1.38. The van der Waals surface area contributed by atoms with Gasteiger partial charge in [0.05, 0.1) is 11.9 Å². The molecule has 1 N–H and O–H groups in total. The van der Waals surface area contributed by atoms with Crippen LogP contribution < -0.4 is 5.32 Å². The molecule has 2 aromatic carbocycles. The smallest absolute Gasteiger partial charge is 0.265 e. The summed E-state index contributed by atoms with van der Waals surface area (Å²) in [5.74, 6) is 0.879. The summed E-state index contributed by atoms with van der Waals surface area (Å²) in [7, 11) is 0. The molecule has 2 aromatic heterocycles. The Morgan fingerprint density at radius 2 is 1.85 bits per heavy atom. The van der Waals surface area contributed by atoms with Gasteiger partial charge in [-0.2, -0.15) is 0 Å². The number of piperidine rings is 1. The highest BCUT2D eigenvalue weighted by atomic mass is 19.3. The molecule has 0 radical (unpaired) electrons. The van der Waals surface area contributed by atoms with Crippen LogP contribution >= 0.6 is 0 Å². The molecule has 1 aliphatic heterocycles. The maximum absolute atomic E-state index is 13.1. The van der Waals surface area contributed by atoms with Crippen LogP contribution in [0.5, 0.6) is 0 Å². The van der Waals surface area contributed by atoms with Gasteiger partial charge in [-0.05, 0) is 61.2 Å². The molecule has 0 aliphatic carbocycles. The maximum atomic E-state index is 13.1. The lowest BCUT2D eigenvalue weighted by Gasteiger charge is -2.23. The molecule has 34 heavy (non-hydrogen) atoms. The van der Waals surface area contributed by atoms with Crippen LogP contribution in [0.25, 0.3) is 22.0 Å². The van der Waals surface area contributed by atoms with Crippen molar-refractivity contribution in [2.75, 3.05) is 13.1 Å². The number of fused-ring (bicyclic) bond motifs is 1. The maximum Gasteiger partial charge on any atom is 0.265 e. The minimum absolute atomic E-state index is 0.0277. The summed E-state index contributed by atoms with van der Waals surface area (Å²) in [6.45, 7) is 2.00. The molecule has 5 rings (SSSR count). The number of benzene rings is 2. The van der Waals surface area contributed by atoms with Gasteiger partial charge >= 0.3 is 0 Å². The molecule has 7 heteroatoms. The lowest BCUT2D eigenvalue weighted by atomic mass is 9.89. The van der Waals surface area contributed by atoms with Gasteiger partial charge in [0.1, 0.15) is 5.82 Å². The average Bonchev–Trinajstić information content (AvgIpc) is 2.89. The van der Waals surface area contributed by atoms with Crippen molar-refractivity contribution >= 4 is 16.7 Å². The van der Waals surface area contributed by atoms with Crippen LogP contribution in [0.1, 0.15) is 52.5 Å². The van der Waals surface area contributed by atoms with Crippen LogP contribution in [-0.2, 0) is 6.42 Å². The van der Waals surface area contributed by atoms with E-state index in [1.54, 1.807) is 12.4 Å². The molecule has 0 saturated carbocycles. The summed E-state index contributed by atoms with van der Waals surface area (Å²) in [5.41, 5.74) is 3.72. The van der Waals surface area contributed by atoms with Crippen molar-refractivity contribution < 1.29 is 13.6 Å². The topological polar surface area (TPSA) is 67.8 Å². The summed E-state index contributed by atoms with van der Waals surface area (Å²) >= 11 is 0. The molecule has 0 unspecified atom stereocenters. The summed E-state index contributed by atoms with van der Waals surface area (Å²) in [6, 6.07) is 14.8. The van der Waals surface area contributed by atoms with Crippen molar-refractivity contribution in [3.63, 3.8) is 0 Å². The Bertz CT molecular complexity index is 1340. The van der Waals surface area contributed by atoms with Crippen molar-refractivity contribution in [3.8, 4) is 11.1 Å². The standard InChI is InChI=1S/C27H24F2N4O/c28-27(29)23-11-22(14-31-15-23)19-4-5-21-16-32-26(33-24(21)12-19)13-25(34)20-3-1-2-18(10-20)17-6-8-30-9-7-17/h1-5,10-12,14-17,27,30H,6-9,13H2. The van der Waals surface area contributed by atoms with E-state index in [1.807, 2.05) is 36.4 Å². The van der Waals surface area contributed by atoms with E-state index >= 15 is 0 Å². The number of nitrogens with one attached hydrogen (secondary N) is 1. The third kappa shape index (κ3) is 4.84. The molecular formula is C27H24F2N4O. The molecule has 0 bridgehead atoms. The number of hydrogen-bond acceptors (Lipinski definition) is 5. The molecule has 172 valence electrons. The van der Waals surface area contributed by atoms with Crippen LogP contribution in [0, 0.1) is 0 Å². The first-order valence-electron chi connectivity index (χ1n) is 11.4. The zero-order chi connectivity index (χ0) is 23.5. The third-order valence-electron chi connectivity index (χ3n) is 6.32. The molecular weight excluding hydrogens is 434 g/mol. The number of carbonyl (C=O) groups is 1. The summed E-state index contributed by atoms with van der Waals surface area (Å²) in [6.07, 6.45) is 4.07. The Hall–Kier alpha value is -3.58. The van der Waals surface area contributed by atoms with Gasteiger partial charge < -0.3 is 5.32 Å². The molecule has 1 aliphatic rings. The predicted molar refractivity (Wildman–Crippen MR) is 127 cm³/mol. The van der Waals surface area contributed by atoms with E-state index < -0.39 is 6.43 Å². The average molecular weight is 459 g/mol. The van der Waals surface area contributed by atoms with Crippen LogP contribution in [0.2, 0.25) is 0 Å². The number of ketones is 1. The van der Waals surface area contributed by atoms with Crippen LogP contribution in [-0.4, -0.2) is 33.8 Å². The molecule has 0 amide bonds. The lowest BCUT2D eigenvalue weighted by Crippen LogP contribution is -2.26. The Morgan fingerprint density at radius 1 is 1.00 bits per heavy atom. The van der Waals surface area contributed by atoms with Gasteiger partial charge in [-0.3, -0.25) is 9.78 Å². The molecule has 3 heterocycles. The van der Waals surface area contributed by atoms with Crippen molar-refractivity contribution in [3.05, 3.63) is 89.6 Å². The van der Waals surface area contributed by atoms with Gasteiger partial charge in [-0.25, -0.2) is 18.7 Å². The highest BCUT2D eigenvalue weighted by Crippen LogP contribution is 2.28. The highest BCUT2D eigenvalue weighted by molar-refractivity contribution is 5.97. The van der Waals surface area contributed by atoms with Gasteiger partial charge in [0.15, 0.2) is 5.78 Å². The fourth-order valence-corrected chi connectivity index (χ4v) is 4.43. The monoisotopic (exact) mass is 458 g/mol. The number of hydrogen-bond donors (Lipinski definition) is 1. The normalized spacial score (nSPS) is 14.6. The molecule has 1 fully saturated rings. The second-order valence-corrected chi connectivity index (χ2v) is 8.62. The third-order valence-corrected chi connectivity index (χ3v) is 6.32. The number of halogens is 2. The Morgan fingerprint density at radius 3 is 2.68 bits per heavy atom. The van der Waals surface area contributed by atoms with Crippen molar-refractivity contribution in [2.45, 2.75) is 31.6 Å². The van der Waals surface area contributed by atoms with Gasteiger partial charge in [0.25, 0.3) is 6.43 Å². The van der Waals surface area contributed by atoms with Gasteiger partial charge in [0.2, 0.25) is 0 Å². The van der Waals surface area contributed by atoms with E-state index in [9.17, 15) is 13.6 Å². The molecule has 0 atom stereocenters. The predicted octanol–water partition coefficient (Wildman–Crippen LogP) is 5.52. The first kappa shape index (κ1) is 22.2. The first-order valence-corrected chi connectivity index (χ1v) is 11.4. The summed E-state index contributed by atoms with van der Waals surface area (Å²) < 4.78 is 26.1. The number of alkyl halides is 2. The number of aromatic nitrogens is 3. The molecule has 4 aromatic rings. The summed E-state index contributed by atoms with van der Waals surface area (Å²) in [5, 5.41) is 4.18. The summed E-state index contributed by atoms with van der Waals surface area (Å²) in [4.78, 5) is 25.9. The van der Waals surface area contributed by atoms with Crippen LogP contribution in [0.15, 0.2) is 67.1 Å². The van der Waals surface area contributed by atoms with Crippen molar-refractivity contribution in [1.82, 2.24) is 20.3 Å². The molecule has 5 nitrogen and oxygen atoms in total. The number of nitrogens with zero attached hydrogens (tertiary/aromatic N) is 3. The van der Waals surface area contributed by atoms with E-state index in [1.165, 1.54) is 17.8 Å². The van der Waals surface area contributed by atoms with E-state index in [0.717, 1.165) is 36.9 Å². The minimum atomic E-state index is -2.58. The second kappa shape index (κ2) is 9.73. The van der Waals surface area contributed by atoms with E-state index in [2.05, 4.69) is 26.3 Å². The Kier molecular flexibility index (Phi) is 6.36. The second-order valence-electron chi connectivity index (χ2n) is 8.62. The molecule has 0 spiro atoms.